The number of ether oxygens (including phenoxy) is 3. The number of carbonyl (C=O) groups is 1. The van der Waals surface area contributed by atoms with Crippen LogP contribution in [0.25, 0.3) is 0 Å². The highest BCUT2D eigenvalue weighted by atomic mass is 16.7. The lowest BCUT2D eigenvalue weighted by molar-refractivity contribution is -0.311. The fourth-order valence-corrected chi connectivity index (χ4v) is 9.91. The predicted molar refractivity (Wildman–Crippen MR) is 134 cm³/mol. The third-order valence-electron chi connectivity index (χ3n) is 12.0. The molecule has 0 radical (unpaired) electrons. The van der Waals surface area contributed by atoms with Crippen molar-refractivity contribution < 1.29 is 44.5 Å². The van der Waals surface area contributed by atoms with Gasteiger partial charge in [0.2, 0.25) is 0 Å². The lowest BCUT2D eigenvalue weighted by Gasteiger charge is -2.65. The monoisotopic (exact) mass is 536 g/mol. The molecule has 14 atom stereocenters. The zero-order chi connectivity index (χ0) is 27.2. The molecule has 4 saturated carbocycles. The predicted octanol–water partition coefficient (Wildman–Crippen LogP) is 1.43. The molecule has 0 unspecified atom stereocenters. The molecule has 0 aromatic carbocycles. The lowest BCUT2D eigenvalue weighted by atomic mass is 9.42. The summed E-state index contributed by atoms with van der Waals surface area (Å²) in [7, 11) is 0. The third-order valence-corrected chi connectivity index (χ3v) is 12.0. The molecule has 0 spiro atoms. The van der Waals surface area contributed by atoms with Crippen LogP contribution in [0.2, 0.25) is 0 Å². The Morgan fingerprint density at radius 3 is 2.47 bits per heavy atom. The van der Waals surface area contributed by atoms with Gasteiger partial charge in [0.05, 0.1) is 23.9 Å². The number of hydrogen-bond acceptors (Lipinski definition) is 9. The van der Waals surface area contributed by atoms with Gasteiger partial charge in [-0.05, 0) is 93.0 Å². The highest BCUT2D eigenvalue weighted by molar-refractivity contribution is 5.85. The van der Waals surface area contributed by atoms with E-state index in [1.807, 2.05) is 0 Å². The molecule has 6 aliphatic rings. The second-order valence-electron chi connectivity index (χ2n) is 13.7. The molecule has 9 heteroatoms. The van der Waals surface area contributed by atoms with E-state index in [9.17, 15) is 30.3 Å². The molecule has 5 N–H and O–H groups in total. The van der Waals surface area contributed by atoms with Gasteiger partial charge in [-0.15, -0.1) is 0 Å². The summed E-state index contributed by atoms with van der Waals surface area (Å²) in [4.78, 5) is 11.8. The second kappa shape index (κ2) is 9.23. The van der Waals surface area contributed by atoms with Crippen molar-refractivity contribution in [3.63, 3.8) is 0 Å². The molecule has 5 fully saturated rings. The van der Waals surface area contributed by atoms with Gasteiger partial charge in [-0.3, -0.25) is 0 Å². The summed E-state index contributed by atoms with van der Waals surface area (Å²) in [6, 6.07) is 0. The van der Waals surface area contributed by atoms with E-state index in [0.717, 1.165) is 44.1 Å². The van der Waals surface area contributed by atoms with Crippen LogP contribution in [0.3, 0.4) is 0 Å². The Morgan fingerprint density at radius 1 is 1.00 bits per heavy atom. The van der Waals surface area contributed by atoms with Crippen LogP contribution >= 0.6 is 0 Å². The van der Waals surface area contributed by atoms with Crippen molar-refractivity contribution >= 4 is 5.97 Å². The third kappa shape index (κ3) is 3.80. The standard InChI is InChI=1S/C29H44O9/c1-14-23(32)24(33)25(34)26(37-14)38-17-6-8-27(2)16(11-17)4-5-19-22(27)20(30)12-28(3)18(7-9-29(19,28)35)15-10-21(31)36-13-15/h10,14,16-20,22-26,30,32-35H,4-9,11-13H2,1-3H3/t14-,16+,17-,18+,19+,20-,22+,23-,24+,25+,26-,27-,28+,29-/m0/s1. The normalized spacial score (nSPS) is 56.5. The number of esters is 1. The fraction of sp³-hybridized carbons (Fsp3) is 0.897. The van der Waals surface area contributed by atoms with Gasteiger partial charge in [-0.25, -0.2) is 4.79 Å². The van der Waals surface area contributed by atoms with Gasteiger partial charge < -0.3 is 39.7 Å². The van der Waals surface area contributed by atoms with Gasteiger partial charge in [0.25, 0.3) is 0 Å². The van der Waals surface area contributed by atoms with Gasteiger partial charge in [-0.1, -0.05) is 13.8 Å². The number of rotatable bonds is 3. The fourth-order valence-electron chi connectivity index (χ4n) is 9.91. The van der Waals surface area contributed by atoms with Crippen molar-refractivity contribution in [1.82, 2.24) is 0 Å². The molecule has 9 nitrogen and oxygen atoms in total. The minimum Gasteiger partial charge on any atom is -0.458 e. The van der Waals surface area contributed by atoms with Crippen LogP contribution in [0.1, 0.15) is 72.1 Å². The summed E-state index contributed by atoms with van der Waals surface area (Å²) >= 11 is 0. The van der Waals surface area contributed by atoms with Crippen LogP contribution in [0, 0.1) is 34.5 Å². The van der Waals surface area contributed by atoms with E-state index in [0.29, 0.717) is 18.8 Å². The molecule has 0 aromatic heterocycles. The maximum atomic E-state index is 12.4. The molecule has 0 aromatic rings. The minimum atomic E-state index is -1.32. The zero-order valence-electron chi connectivity index (χ0n) is 22.7. The smallest absolute Gasteiger partial charge is 0.331 e. The van der Waals surface area contributed by atoms with Crippen LogP contribution in [0.4, 0.5) is 0 Å². The Bertz CT molecular complexity index is 985. The minimum absolute atomic E-state index is 0.0143. The SMILES string of the molecule is C[C@@H]1O[C@@H](O[C@H]2CC[C@@]3(C)[C@H](CC[C@@H]4[C@@H]3[C@@H](O)C[C@]3(C)[C@@H](C5=CC(=O)OC5)CC[C@]43O)C2)[C@H](O)[C@H](O)[C@H]1O. The van der Waals surface area contributed by atoms with Gasteiger partial charge in [0, 0.05) is 11.5 Å². The van der Waals surface area contributed by atoms with E-state index >= 15 is 0 Å². The van der Waals surface area contributed by atoms with Crippen LogP contribution in [-0.2, 0) is 19.0 Å². The first-order valence-corrected chi connectivity index (χ1v) is 14.5. The Kier molecular flexibility index (Phi) is 6.58. The Labute approximate surface area is 224 Å². The number of cyclic esters (lactones) is 1. The summed E-state index contributed by atoms with van der Waals surface area (Å²) in [5.74, 6) is -0.0314. The van der Waals surface area contributed by atoms with E-state index in [1.165, 1.54) is 0 Å². The van der Waals surface area contributed by atoms with Gasteiger partial charge in [0.15, 0.2) is 6.29 Å². The summed E-state index contributed by atoms with van der Waals surface area (Å²) in [6.45, 7) is 6.32. The summed E-state index contributed by atoms with van der Waals surface area (Å²) in [6.07, 6.45) is 1.49. The Balaban J connectivity index is 1.19. The Hall–Kier alpha value is -1.07. The van der Waals surface area contributed by atoms with Crippen LogP contribution in [0.15, 0.2) is 11.6 Å². The number of aliphatic hydroxyl groups excluding tert-OH is 4. The van der Waals surface area contributed by atoms with Crippen molar-refractivity contribution in [3.05, 3.63) is 11.6 Å². The summed E-state index contributed by atoms with van der Waals surface area (Å²) in [5, 5.41) is 54.7. The summed E-state index contributed by atoms with van der Waals surface area (Å²) < 4.78 is 17.1. The van der Waals surface area contributed by atoms with Gasteiger partial charge in [0.1, 0.15) is 24.9 Å². The van der Waals surface area contributed by atoms with Crippen molar-refractivity contribution in [2.75, 3.05) is 6.61 Å². The molecule has 0 amide bonds. The summed E-state index contributed by atoms with van der Waals surface area (Å²) in [5.41, 5.74) is -0.607. The van der Waals surface area contributed by atoms with Crippen molar-refractivity contribution in [2.45, 2.75) is 121 Å². The molecule has 2 heterocycles. The molecule has 1 saturated heterocycles. The van der Waals surface area contributed by atoms with Crippen LogP contribution in [0.5, 0.6) is 0 Å². The van der Waals surface area contributed by atoms with E-state index in [4.69, 9.17) is 14.2 Å². The van der Waals surface area contributed by atoms with E-state index in [-0.39, 0.29) is 41.8 Å². The van der Waals surface area contributed by atoms with Gasteiger partial charge >= 0.3 is 5.97 Å². The van der Waals surface area contributed by atoms with Gasteiger partial charge in [-0.2, -0.15) is 0 Å². The number of carbonyl (C=O) groups excluding carboxylic acids is 1. The molecular weight excluding hydrogens is 492 g/mol. The van der Waals surface area contributed by atoms with E-state index < -0.39 is 47.8 Å². The quantitative estimate of drug-likeness (QED) is 0.267. The first kappa shape index (κ1) is 27.1. The second-order valence-corrected chi connectivity index (χ2v) is 13.7. The molecule has 38 heavy (non-hydrogen) atoms. The maximum Gasteiger partial charge on any atom is 0.331 e. The van der Waals surface area contributed by atoms with Crippen molar-refractivity contribution in [1.29, 1.82) is 0 Å². The number of hydrogen-bond donors (Lipinski definition) is 5. The largest absolute Gasteiger partial charge is 0.458 e. The number of fused-ring (bicyclic) bond motifs is 5. The van der Waals surface area contributed by atoms with Crippen molar-refractivity contribution in [2.24, 2.45) is 34.5 Å². The molecular formula is C29H44O9. The highest BCUT2D eigenvalue weighted by Gasteiger charge is 2.70. The van der Waals surface area contributed by atoms with Crippen LogP contribution in [-0.4, -0.2) is 86.6 Å². The van der Waals surface area contributed by atoms with Crippen molar-refractivity contribution in [3.8, 4) is 0 Å². The average molecular weight is 537 g/mol. The number of aliphatic hydroxyl groups is 5. The molecule has 4 aliphatic carbocycles. The first-order valence-electron chi connectivity index (χ1n) is 14.5. The van der Waals surface area contributed by atoms with E-state index in [1.54, 1.807) is 13.0 Å². The average Bonchev–Trinajstić information content (AvgIpc) is 3.41. The molecule has 6 rings (SSSR count). The topological polar surface area (TPSA) is 146 Å². The van der Waals surface area contributed by atoms with Crippen LogP contribution < -0.4 is 0 Å². The molecule has 214 valence electrons. The van der Waals surface area contributed by atoms with E-state index in [2.05, 4.69) is 13.8 Å². The zero-order valence-corrected chi connectivity index (χ0v) is 22.7. The first-order chi connectivity index (χ1) is 17.9. The Morgan fingerprint density at radius 2 is 1.76 bits per heavy atom. The highest BCUT2D eigenvalue weighted by Crippen LogP contribution is 2.70. The maximum absolute atomic E-state index is 12.4. The lowest BCUT2D eigenvalue weighted by Crippen LogP contribution is -2.66. The molecule has 2 aliphatic heterocycles. The molecule has 0 bridgehead atoms.